The number of benzene rings is 2. The van der Waals surface area contributed by atoms with Crippen molar-refractivity contribution in [1.82, 2.24) is 10.2 Å². The fourth-order valence-corrected chi connectivity index (χ4v) is 3.65. The standard InChI is InChI=1S/C22H26F2N4O2/c1-27(2)20(15-6-9-19-14(11-15)5-4-10-28(19)3)13-25-21(29)22(30)26-18-12-16(23)7-8-17(18)24/h6-9,11-12,20H,4-5,10,13H2,1-3H3,(H,25,29)(H,26,30)/t20-/m0/s1. The first-order chi connectivity index (χ1) is 14.3. The third-order valence-electron chi connectivity index (χ3n) is 5.30. The zero-order valence-electron chi connectivity index (χ0n) is 17.3. The van der Waals surface area contributed by atoms with Crippen molar-refractivity contribution >= 4 is 23.2 Å². The van der Waals surface area contributed by atoms with E-state index in [1.54, 1.807) is 0 Å². The molecule has 8 heteroatoms. The average Bonchev–Trinajstić information content (AvgIpc) is 2.70. The summed E-state index contributed by atoms with van der Waals surface area (Å²) in [6.07, 6.45) is 2.09. The number of aryl methyl sites for hydroxylation is 1. The number of likely N-dealkylation sites (N-methyl/N-ethyl adjacent to an activating group) is 1. The van der Waals surface area contributed by atoms with Crippen molar-refractivity contribution in [2.45, 2.75) is 18.9 Å². The van der Waals surface area contributed by atoms with Gasteiger partial charge in [0, 0.05) is 31.9 Å². The molecule has 1 aliphatic rings. The van der Waals surface area contributed by atoms with E-state index in [0.29, 0.717) is 0 Å². The summed E-state index contributed by atoms with van der Waals surface area (Å²) in [7, 11) is 5.86. The van der Waals surface area contributed by atoms with E-state index < -0.39 is 23.4 Å². The van der Waals surface area contributed by atoms with E-state index in [1.165, 1.54) is 11.3 Å². The van der Waals surface area contributed by atoms with Gasteiger partial charge in [0.05, 0.1) is 11.7 Å². The number of hydrogen-bond acceptors (Lipinski definition) is 4. The van der Waals surface area contributed by atoms with Crippen molar-refractivity contribution < 1.29 is 18.4 Å². The number of halogens is 2. The average molecular weight is 416 g/mol. The van der Waals surface area contributed by atoms with Crippen LogP contribution in [0, 0.1) is 11.6 Å². The SMILES string of the molecule is CN1CCCc2cc([C@H](CNC(=O)C(=O)Nc3cc(F)ccc3F)N(C)C)ccc21. The molecule has 3 rings (SSSR count). The predicted molar refractivity (Wildman–Crippen MR) is 112 cm³/mol. The number of anilines is 2. The molecule has 0 aromatic heterocycles. The van der Waals surface area contributed by atoms with Crippen molar-refractivity contribution in [3.63, 3.8) is 0 Å². The first kappa shape index (κ1) is 21.7. The van der Waals surface area contributed by atoms with Crippen LogP contribution in [0.3, 0.4) is 0 Å². The van der Waals surface area contributed by atoms with Gasteiger partial charge in [-0.1, -0.05) is 12.1 Å². The summed E-state index contributed by atoms with van der Waals surface area (Å²) >= 11 is 0. The minimum Gasteiger partial charge on any atom is -0.374 e. The molecule has 30 heavy (non-hydrogen) atoms. The van der Waals surface area contributed by atoms with E-state index in [2.05, 4.69) is 34.7 Å². The van der Waals surface area contributed by atoms with Crippen LogP contribution in [0.2, 0.25) is 0 Å². The van der Waals surface area contributed by atoms with Gasteiger partial charge in [0.25, 0.3) is 0 Å². The normalized spacial score (nSPS) is 14.3. The van der Waals surface area contributed by atoms with Crippen molar-refractivity contribution in [2.75, 3.05) is 44.4 Å². The van der Waals surface area contributed by atoms with Crippen LogP contribution in [-0.4, -0.2) is 50.9 Å². The van der Waals surface area contributed by atoms with Crippen molar-refractivity contribution in [2.24, 2.45) is 0 Å². The molecule has 6 nitrogen and oxygen atoms in total. The second-order valence-electron chi connectivity index (χ2n) is 7.68. The molecule has 0 saturated carbocycles. The molecule has 2 N–H and O–H groups in total. The van der Waals surface area contributed by atoms with E-state index in [1.807, 2.05) is 25.1 Å². The highest BCUT2D eigenvalue weighted by Crippen LogP contribution is 2.29. The summed E-state index contributed by atoms with van der Waals surface area (Å²) in [5.41, 5.74) is 3.13. The molecule has 1 atom stereocenters. The number of carbonyl (C=O) groups is 2. The summed E-state index contributed by atoms with van der Waals surface area (Å²) in [6.45, 7) is 1.22. The van der Waals surface area contributed by atoms with Gasteiger partial charge in [-0.25, -0.2) is 8.78 Å². The van der Waals surface area contributed by atoms with E-state index in [4.69, 9.17) is 0 Å². The second-order valence-corrected chi connectivity index (χ2v) is 7.68. The number of hydrogen-bond donors (Lipinski definition) is 2. The lowest BCUT2D eigenvalue weighted by molar-refractivity contribution is -0.136. The highest BCUT2D eigenvalue weighted by molar-refractivity contribution is 6.39. The van der Waals surface area contributed by atoms with Gasteiger partial charge in [-0.15, -0.1) is 0 Å². The van der Waals surface area contributed by atoms with Gasteiger partial charge in [-0.05, 0) is 56.3 Å². The number of rotatable bonds is 5. The predicted octanol–water partition coefficient (Wildman–Crippen LogP) is 2.70. The summed E-state index contributed by atoms with van der Waals surface area (Å²) in [4.78, 5) is 28.5. The van der Waals surface area contributed by atoms with Crippen LogP contribution in [0.4, 0.5) is 20.2 Å². The Morgan fingerprint density at radius 1 is 1.13 bits per heavy atom. The molecule has 0 saturated heterocycles. The highest BCUT2D eigenvalue weighted by atomic mass is 19.1. The maximum Gasteiger partial charge on any atom is 0.313 e. The number of amides is 2. The minimum atomic E-state index is -1.05. The number of nitrogens with zero attached hydrogens (tertiary/aromatic N) is 2. The Morgan fingerprint density at radius 3 is 2.63 bits per heavy atom. The highest BCUT2D eigenvalue weighted by Gasteiger charge is 2.22. The molecule has 0 spiro atoms. The second kappa shape index (κ2) is 9.21. The van der Waals surface area contributed by atoms with Gasteiger partial charge >= 0.3 is 11.8 Å². The summed E-state index contributed by atoms with van der Waals surface area (Å²) in [5, 5.41) is 4.69. The zero-order valence-corrected chi connectivity index (χ0v) is 17.3. The number of fused-ring (bicyclic) bond motifs is 1. The van der Waals surface area contributed by atoms with Crippen LogP contribution in [-0.2, 0) is 16.0 Å². The molecule has 0 bridgehead atoms. The van der Waals surface area contributed by atoms with E-state index in [9.17, 15) is 18.4 Å². The van der Waals surface area contributed by atoms with Gasteiger partial charge < -0.3 is 20.4 Å². The Morgan fingerprint density at radius 2 is 1.90 bits per heavy atom. The van der Waals surface area contributed by atoms with Gasteiger partial charge in [-0.3, -0.25) is 9.59 Å². The Kier molecular flexibility index (Phi) is 6.66. The van der Waals surface area contributed by atoms with Crippen LogP contribution in [0.1, 0.15) is 23.6 Å². The Bertz CT molecular complexity index is 949. The van der Waals surface area contributed by atoms with E-state index in [-0.39, 0.29) is 18.3 Å². The van der Waals surface area contributed by atoms with Crippen LogP contribution in [0.15, 0.2) is 36.4 Å². The zero-order chi connectivity index (χ0) is 21.8. The van der Waals surface area contributed by atoms with E-state index in [0.717, 1.165) is 43.1 Å². The Hall–Kier alpha value is -3.00. The summed E-state index contributed by atoms with van der Waals surface area (Å²) in [6, 6.07) is 8.75. The molecule has 0 unspecified atom stereocenters. The monoisotopic (exact) mass is 416 g/mol. The van der Waals surface area contributed by atoms with Gasteiger partial charge in [0.2, 0.25) is 0 Å². The van der Waals surface area contributed by atoms with Gasteiger partial charge in [0.1, 0.15) is 11.6 Å². The first-order valence-corrected chi connectivity index (χ1v) is 9.81. The third-order valence-corrected chi connectivity index (χ3v) is 5.30. The van der Waals surface area contributed by atoms with Crippen LogP contribution < -0.4 is 15.5 Å². The summed E-state index contributed by atoms with van der Waals surface area (Å²) < 4.78 is 26.9. The molecule has 2 aromatic rings. The van der Waals surface area contributed by atoms with Crippen LogP contribution in [0.5, 0.6) is 0 Å². The molecule has 2 amide bonds. The smallest absolute Gasteiger partial charge is 0.313 e. The molecule has 0 aliphatic carbocycles. The molecule has 2 aromatic carbocycles. The largest absolute Gasteiger partial charge is 0.374 e. The molecular formula is C22H26F2N4O2. The topological polar surface area (TPSA) is 64.7 Å². The maximum atomic E-state index is 13.7. The third kappa shape index (κ3) is 4.94. The lowest BCUT2D eigenvalue weighted by Gasteiger charge is -2.30. The molecule has 1 aliphatic heterocycles. The fourth-order valence-electron chi connectivity index (χ4n) is 3.65. The fraction of sp³-hybridized carbons (Fsp3) is 0.364. The molecular weight excluding hydrogens is 390 g/mol. The quantitative estimate of drug-likeness (QED) is 0.736. The van der Waals surface area contributed by atoms with Crippen LogP contribution >= 0.6 is 0 Å². The molecule has 0 radical (unpaired) electrons. The number of carbonyl (C=O) groups excluding carboxylic acids is 2. The van der Waals surface area contributed by atoms with Gasteiger partial charge in [-0.2, -0.15) is 0 Å². The van der Waals surface area contributed by atoms with E-state index >= 15 is 0 Å². The Labute approximate surface area is 174 Å². The lowest BCUT2D eigenvalue weighted by atomic mass is 9.96. The van der Waals surface area contributed by atoms with Crippen molar-refractivity contribution in [3.8, 4) is 0 Å². The van der Waals surface area contributed by atoms with Crippen LogP contribution in [0.25, 0.3) is 0 Å². The van der Waals surface area contributed by atoms with Gasteiger partial charge in [0.15, 0.2) is 0 Å². The lowest BCUT2D eigenvalue weighted by Crippen LogP contribution is -2.40. The maximum absolute atomic E-state index is 13.7. The van der Waals surface area contributed by atoms with Crippen molar-refractivity contribution in [1.29, 1.82) is 0 Å². The Balaban J connectivity index is 1.66. The molecule has 160 valence electrons. The molecule has 1 heterocycles. The first-order valence-electron chi connectivity index (χ1n) is 9.81. The minimum absolute atomic E-state index is 0.148. The molecule has 0 fully saturated rings. The number of nitrogens with one attached hydrogen (secondary N) is 2. The summed E-state index contributed by atoms with van der Waals surface area (Å²) in [5.74, 6) is -3.49. The van der Waals surface area contributed by atoms with Crippen molar-refractivity contribution in [3.05, 3.63) is 59.2 Å².